The van der Waals surface area contributed by atoms with Crippen LogP contribution in [0.5, 0.6) is 0 Å². The van der Waals surface area contributed by atoms with E-state index in [0.717, 1.165) is 49.4 Å². The molecule has 0 aliphatic rings. The molecule has 0 aliphatic carbocycles. The number of rotatable bonds is 1. The minimum absolute atomic E-state index is 0.808. The van der Waals surface area contributed by atoms with Gasteiger partial charge in [-0.15, -0.1) is 0 Å². The minimum Gasteiger partial charge on any atom is -0.452 e. The van der Waals surface area contributed by atoms with Crippen molar-refractivity contribution in [2.24, 2.45) is 0 Å². The van der Waals surface area contributed by atoms with Crippen molar-refractivity contribution in [2.45, 2.75) is 0 Å². The lowest BCUT2D eigenvalue weighted by Crippen LogP contribution is -1.85. The summed E-state index contributed by atoms with van der Waals surface area (Å²) in [6, 6.07) is 47.8. The lowest BCUT2D eigenvalue weighted by Gasteiger charge is -2.12. The molecule has 10 aromatic rings. The first-order chi connectivity index (χ1) is 20.8. The van der Waals surface area contributed by atoms with Crippen molar-refractivity contribution in [1.29, 1.82) is 0 Å². The Morgan fingerprint density at radius 2 is 0.690 bits per heavy atom. The second-order valence-electron chi connectivity index (χ2n) is 11.2. The van der Waals surface area contributed by atoms with E-state index in [1.807, 2.05) is 12.1 Å². The Hall–Kier alpha value is -5.60. The van der Waals surface area contributed by atoms with Gasteiger partial charge in [-0.1, -0.05) is 109 Å². The zero-order valence-corrected chi connectivity index (χ0v) is 22.5. The number of furan rings is 2. The van der Waals surface area contributed by atoms with Gasteiger partial charge in [0.15, 0.2) is 11.2 Å². The molecule has 0 N–H and O–H groups in total. The fraction of sp³-hybridized carbons (Fsp3) is 0. The summed E-state index contributed by atoms with van der Waals surface area (Å²) in [5, 5.41) is 14.5. The molecule has 0 fully saturated rings. The summed E-state index contributed by atoms with van der Waals surface area (Å²) in [6.45, 7) is 0. The minimum atomic E-state index is 0.808. The van der Waals surface area contributed by atoms with Crippen LogP contribution >= 0.6 is 0 Å². The van der Waals surface area contributed by atoms with Gasteiger partial charge in [0.05, 0.1) is 0 Å². The molecule has 2 heteroatoms. The van der Waals surface area contributed by atoms with Crippen molar-refractivity contribution in [3.63, 3.8) is 0 Å². The van der Waals surface area contributed by atoms with Gasteiger partial charge in [-0.2, -0.15) is 0 Å². The van der Waals surface area contributed by atoms with Gasteiger partial charge in [0, 0.05) is 21.5 Å². The molecule has 8 aromatic carbocycles. The molecule has 0 amide bonds. The molecule has 2 heterocycles. The third-order valence-electron chi connectivity index (χ3n) is 9.03. The molecule has 0 saturated heterocycles. The van der Waals surface area contributed by atoms with E-state index in [4.69, 9.17) is 8.83 Å². The summed E-state index contributed by atoms with van der Waals surface area (Å²) < 4.78 is 13.0. The number of hydrogen-bond donors (Lipinski definition) is 0. The van der Waals surface area contributed by atoms with Crippen molar-refractivity contribution < 1.29 is 8.83 Å². The van der Waals surface area contributed by atoms with Crippen LogP contribution < -0.4 is 0 Å². The van der Waals surface area contributed by atoms with Crippen LogP contribution in [0.4, 0.5) is 0 Å². The first kappa shape index (κ1) is 22.1. The van der Waals surface area contributed by atoms with E-state index in [1.54, 1.807) is 0 Å². The van der Waals surface area contributed by atoms with Crippen molar-refractivity contribution in [3.05, 3.63) is 133 Å². The summed E-state index contributed by atoms with van der Waals surface area (Å²) in [5.74, 6) is 0. The molecule has 0 atom stereocenters. The Balaban J connectivity index is 1.29. The summed E-state index contributed by atoms with van der Waals surface area (Å²) in [6.07, 6.45) is 0. The van der Waals surface area contributed by atoms with E-state index < -0.39 is 0 Å². The van der Waals surface area contributed by atoms with Crippen LogP contribution in [0, 0.1) is 0 Å². The Morgan fingerprint density at radius 1 is 0.286 bits per heavy atom. The normalized spacial score (nSPS) is 12.3. The van der Waals surface area contributed by atoms with Gasteiger partial charge in [-0.05, 0) is 78.5 Å². The predicted molar refractivity (Wildman–Crippen MR) is 176 cm³/mol. The van der Waals surface area contributed by atoms with Crippen LogP contribution in [0.25, 0.3) is 98.1 Å². The first-order valence-electron chi connectivity index (χ1n) is 14.4. The third-order valence-corrected chi connectivity index (χ3v) is 9.03. The Morgan fingerprint density at radius 3 is 1.31 bits per heavy atom. The number of fused-ring (bicyclic) bond motifs is 16. The lowest BCUT2D eigenvalue weighted by atomic mass is 9.91. The van der Waals surface area contributed by atoms with Crippen LogP contribution in [0.2, 0.25) is 0 Å². The maximum Gasteiger partial charge on any atom is 0.179 e. The van der Waals surface area contributed by atoms with E-state index in [2.05, 4.69) is 121 Å². The molecular weight excluding hydrogens is 512 g/mol. The molecule has 0 spiro atoms. The monoisotopic (exact) mass is 534 g/mol. The molecule has 194 valence electrons. The van der Waals surface area contributed by atoms with Crippen molar-refractivity contribution in [2.75, 3.05) is 0 Å². The van der Waals surface area contributed by atoms with Crippen molar-refractivity contribution in [3.8, 4) is 11.1 Å². The summed E-state index contributed by atoms with van der Waals surface area (Å²) in [4.78, 5) is 0. The summed E-state index contributed by atoms with van der Waals surface area (Å²) in [5.41, 5.74) is 5.72. The largest absolute Gasteiger partial charge is 0.452 e. The fourth-order valence-corrected chi connectivity index (χ4v) is 7.18. The molecule has 2 nitrogen and oxygen atoms in total. The van der Waals surface area contributed by atoms with Gasteiger partial charge >= 0.3 is 0 Å². The van der Waals surface area contributed by atoms with Crippen LogP contribution in [0.1, 0.15) is 0 Å². The average Bonchev–Trinajstić information content (AvgIpc) is 3.64. The molecule has 0 aliphatic heterocycles. The Labute approximate surface area is 240 Å². The molecule has 10 rings (SSSR count). The van der Waals surface area contributed by atoms with Crippen LogP contribution in [0.3, 0.4) is 0 Å². The maximum absolute atomic E-state index is 6.58. The summed E-state index contributed by atoms with van der Waals surface area (Å²) >= 11 is 0. The number of benzene rings is 8. The van der Waals surface area contributed by atoms with Crippen LogP contribution in [-0.4, -0.2) is 0 Å². The molecule has 0 saturated carbocycles. The van der Waals surface area contributed by atoms with Gasteiger partial charge in [-0.25, -0.2) is 0 Å². The highest BCUT2D eigenvalue weighted by molar-refractivity contribution is 6.33. The highest BCUT2D eigenvalue weighted by Gasteiger charge is 2.21. The second-order valence-corrected chi connectivity index (χ2v) is 11.2. The predicted octanol–water partition coefficient (Wildman–Crippen LogP) is 11.8. The van der Waals surface area contributed by atoms with E-state index in [1.165, 1.54) is 48.7 Å². The quantitative estimate of drug-likeness (QED) is 0.196. The highest BCUT2D eigenvalue weighted by Crippen LogP contribution is 2.45. The van der Waals surface area contributed by atoms with E-state index in [0.29, 0.717) is 0 Å². The van der Waals surface area contributed by atoms with E-state index >= 15 is 0 Å². The molecule has 2 aromatic heterocycles. The fourth-order valence-electron chi connectivity index (χ4n) is 7.18. The smallest absolute Gasteiger partial charge is 0.179 e. The van der Waals surface area contributed by atoms with Gasteiger partial charge in [0.1, 0.15) is 11.2 Å². The Bertz CT molecular complexity index is 2700. The molecular formula is C40H22O2. The Kier molecular flexibility index (Phi) is 4.21. The van der Waals surface area contributed by atoms with Gasteiger partial charge < -0.3 is 8.83 Å². The molecule has 0 radical (unpaired) electrons. The topological polar surface area (TPSA) is 26.3 Å². The maximum atomic E-state index is 6.58. The van der Waals surface area contributed by atoms with E-state index in [-0.39, 0.29) is 0 Å². The highest BCUT2D eigenvalue weighted by atomic mass is 16.4. The second kappa shape index (κ2) is 7.99. The van der Waals surface area contributed by atoms with Crippen LogP contribution in [0.15, 0.2) is 142 Å². The third kappa shape index (κ3) is 2.83. The molecule has 0 bridgehead atoms. The summed E-state index contributed by atoms with van der Waals surface area (Å²) in [7, 11) is 0. The average molecular weight is 535 g/mol. The van der Waals surface area contributed by atoms with Gasteiger partial charge in [0.25, 0.3) is 0 Å². The number of hydrogen-bond acceptors (Lipinski definition) is 2. The van der Waals surface area contributed by atoms with Gasteiger partial charge in [-0.3, -0.25) is 0 Å². The molecule has 42 heavy (non-hydrogen) atoms. The van der Waals surface area contributed by atoms with E-state index in [9.17, 15) is 0 Å². The lowest BCUT2D eigenvalue weighted by molar-refractivity contribution is 0.633. The SMILES string of the molecule is c1ccc2c(c1)oc1c3oc4ccc(-c5ccc6c7ccccc7c7ccccc7c6c5)cc4c3c3ccccc3c21. The van der Waals surface area contributed by atoms with Crippen molar-refractivity contribution in [1.82, 2.24) is 0 Å². The standard InChI is InChI=1S/C40H22O2/c1-2-11-27-25(9-1)26-10-3-4-12-28(26)33-21-23(17-19-29(27)33)24-18-20-36-34(22-24)38-31-14-6-5-13-30(31)37-32-15-7-8-16-35(32)41-39(37)40(38)42-36/h1-22H. The first-order valence-corrected chi connectivity index (χ1v) is 14.4. The molecule has 0 unspecified atom stereocenters. The van der Waals surface area contributed by atoms with Crippen LogP contribution in [-0.2, 0) is 0 Å². The van der Waals surface area contributed by atoms with Gasteiger partial charge in [0.2, 0.25) is 0 Å². The zero-order chi connectivity index (χ0) is 27.4. The zero-order valence-electron chi connectivity index (χ0n) is 22.5. The van der Waals surface area contributed by atoms with Crippen molar-refractivity contribution >= 4 is 87.0 Å². The number of para-hydroxylation sites is 1.